The molecular weight excluding hydrogens is 112 g/mol. The van der Waals surface area contributed by atoms with Gasteiger partial charge < -0.3 is 10.6 Å². The molecule has 0 bridgehead atoms. The van der Waals surface area contributed by atoms with Crippen molar-refractivity contribution < 1.29 is 4.90 Å². The Bertz CT molecular complexity index is 55.9. The van der Waals surface area contributed by atoms with Gasteiger partial charge in [-0.05, 0) is 0 Å². The molecule has 1 saturated heterocycles. The summed E-state index contributed by atoms with van der Waals surface area (Å²) in [6, 6.07) is 0.424. The van der Waals surface area contributed by atoms with Crippen LogP contribution in [0.25, 0.3) is 0 Å². The first-order valence-corrected chi connectivity index (χ1v) is 3.71. The molecule has 56 valence electrons. The normalized spacial score (nSPS) is 33.3. The number of likely N-dealkylation sites (tertiary alicyclic amines) is 1. The molecule has 0 aromatic rings. The van der Waals surface area contributed by atoms with E-state index in [1.165, 1.54) is 4.90 Å². The summed E-state index contributed by atoms with van der Waals surface area (Å²) in [4.78, 5) is 1.33. The van der Waals surface area contributed by atoms with Gasteiger partial charge in [-0.15, -0.1) is 0 Å². The number of quaternary nitrogens is 1. The fourth-order valence-corrected chi connectivity index (χ4v) is 0.964. The topological polar surface area (TPSA) is 30.5 Å². The highest BCUT2D eigenvalue weighted by atomic mass is 15.1. The molecule has 0 aromatic heterocycles. The van der Waals surface area contributed by atoms with E-state index in [2.05, 4.69) is 7.05 Å². The van der Waals surface area contributed by atoms with Gasteiger partial charge in [-0.2, -0.15) is 7.05 Å². The molecule has 1 heterocycles. The average Bonchev–Trinajstić information content (AvgIpc) is 2.20. The van der Waals surface area contributed by atoms with Crippen LogP contribution in [0.3, 0.4) is 0 Å². The maximum absolute atomic E-state index is 5.56. The minimum Gasteiger partial charge on any atom is -0.466 e. The van der Waals surface area contributed by atoms with Crippen molar-refractivity contribution in [2.75, 3.05) is 13.1 Å². The van der Waals surface area contributed by atoms with Crippen LogP contribution >= 0.6 is 0 Å². The molecule has 1 unspecified atom stereocenters. The lowest BCUT2D eigenvalue weighted by Gasteiger charge is -2.10. The zero-order valence-electron chi connectivity index (χ0n) is 6.48. The van der Waals surface area contributed by atoms with Gasteiger partial charge in [-0.1, -0.05) is 13.8 Å². The van der Waals surface area contributed by atoms with Gasteiger partial charge in [0.15, 0.2) is 0 Å². The third-order valence-corrected chi connectivity index (χ3v) is 1.42. The molecule has 0 aromatic carbocycles. The van der Waals surface area contributed by atoms with Crippen LogP contribution in [0, 0.1) is 7.05 Å². The van der Waals surface area contributed by atoms with Gasteiger partial charge in [-0.25, -0.2) is 0 Å². The fraction of sp³-hybridized carbons (Fsp3) is 0.857. The quantitative estimate of drug-likeness (QED) is 0.422. The molecular formula is C7H18N2. The van der Waals surface area contributed by atoms with Crippen molar-refractivity contribution in [3.05, 3.63) is 7.05 Å². The Hall–Kier alpha value is -0.0800. The second kappa shape index (κ2) is 4.77. The molecule has 0 amide bonds. The SMILES string of the molecule is CC.[CH2-][NH+]1CC[C@H](N)C1. The van der Waals surface area contributed by atoms with Crippen LogP contribution in [0.15, 0.2) is 0 Å². The van der Waals surface area contributed by atoms with Crippen LogP contribution in [0.5, 0.6) is 0 Å². The minimum atomic E-state index is 0.424. The van der Waals surface area contributed by atoms with Crippen molar-refractivity contribution in [3.8, 4) is 0 Å². The molecule has 1 aliphatic rings. The zero-order valence-corrected chi connectivity index (χ0v) is 6.48. The fourth-order valence-electron chi connectivity index (χ4n) is 0.964. The monoisotopic (exact) mass is 130 g/mol. The van der Waals surface area contributed by atoms with Crippen LogP contribution in [0.4, 0.5) is 0 Å². The number of hydrogen-bond donors (Lipinski definition) is 2. The summed E-state index contributed by atoms with van der Waals surface area (Å²) in [5.41, 5.74) is 5.56. The van der Waals surface area contributed by atoms with E-state index in [1.54, 1.807) is 0 Å². The van der Waals surface area contributed by atoms with E-state index in [1.807, 2.05) is 13.8 Å². The van der Waals surface area contributed by atoms with Crippen LogP contribution < -0.4 is 10.6 Å². The molecule has 1 rings (SSSR count). The van der Waals surface area contributed by atoms with Gasteiger partial charge in [0.1, 0.15) is 0 Å². The molecule has 2 nitrogen and oxygen atoms in total. The largest absolute Gasteiger partial charge is 0.466 e. The zero-order chi connectivity index (χ0) is 7.28. The van der Waals surface area contributed by atoms with E-state index in [-0.39, 0.29) is 0 Å². The first-order chi connectivity index (χ1) is 4.29. The van der Waals surface area contributed by atoms with Crippen molar-refractivity contribution in [1.82, 2.24) is 0 Å². The van der Waals surface area contributed by atoms with Gasteiger partial charge in [0, 0.05) is 6.42 Å². The summed E-state index contributed by atoms with van der Waals surface area (Å²) in [5, 5.41) is 0. The summed E-state index contributed by atoms with van der Waals surface area (Å²) in [5.74, 6) is 0. The first-order valence-electron chi connectivity index (χ1n) is 3.71. The number of hydrogen-bond acceptors (Lipinski definition) is 1. The van der Waals surface area contributed by atoms with E-state index < -0.39 is 0 Å². The van der Waals surface area contributed by atoms with E-state index in [0.717, 1.165) is 19.5 Å². The number of nitrogens with one attached hydrogen (secondary N) is 1. The van der Waals surface area contributed by atoms with Crippen LogP contribution in [0.1, 0.15) is 20.3 Å². The van der Waals surface area contributed by atoms with E-state index in [0.29, 0.717) is 6.04 Å². The Labute approximate surface area is 58.0 Å². The van der Waals surface area contributed by atoms with Gasteiger partial charge in [-0.3, -0.25) is 0 Å². The highest BCUT2D eigenvalue weighted by molar-refractivity contribution is 4.62. The van der Waals surface area contributed by atoms with Gasteiger partial charge >= 0.3 is 0 Å². The van der Waals surface area contributed by atoms with E-state index in [4.69, 9.17) is 5.73 Å². The molecule has 0 radical (unpaired) electrons. The molecule has 0 spiro atoms. The van der Waals surface area contributed by atoms with Crippen molar-refractivity contribution in [3.63, 3.8) is 0 Å². The first kappa shape index (κ1) is 8.92. The van der Waals surface area contributed by atoms with Crippen LogP contribution in [-0.4, -0.2) is 19.1 Å². The van der Waals surface area contributed by atoms with Crippen molar-refractivity contribution >= 4 is 0 Å². The summed E-state index contributed by atoms with van der Waals surface area (Å²) >= 11 is 0. The average molecular weight is 130 g/mol. The molecule has 0 saturated carbocycles. The number of rotatable bonds is 0. The lowest BCUT2D eigenvalue weighted by Crippen LogP contribution is -3.05. The molecule has 1 aliphatic heterocycles. The lowest BCUT2D eigenvalue weighted by atomic mass is 10.3. The molecule has 0 aliphatic carbocycles. The highest BCUT2D eigenvalue weighted by Crippen LogP contribution is 1.85. The van der Waals surface area contributed by atoms with Crippen molar-refractivity contribution in [2.45, 2.75) is 26.3 Å². The third-order valence-electron chi connectivity index (χ3n) is 1.42. The predicted octanol–water partition coefficient (Wildman–Crippen LogP) is -0.580. The Morgan fingerprint density at radius 3 is 2.22 bits per heavy atom. The summed E-state index contributed by atoms with van der Waals surface area (Å²) in [6.45, 7) is 6.21. The lowest BCUT2D eigenvalue weighted by molar-refractivity contribution is -0.840. The molecule has 9 heavy (non-hydrogen) atoms. The predicted molar refractivity (Wildman–Crippen MR) is 40.0 cm³/mol. The third kappa shape index (κ3) is 3.49. The summed E-state index contributed by atoms with van der Waals surface area (Å²) in [7, 11) is 3.82. The second-order valence-corrected chi connectivity index (χ2v) is 2.25. The maximum Gasteiger partial charge on any atom is 0.0686 e. The van der Waals surface area contributed by atoms with Gasteiger partial charge in [0.05, 0.1) is 19.1 Å². The van der Waals surface area contributed by atoms with E-state index in [9.17, 15) is 0 Å². The van der Waals surface area contributed by atoms with Crippen molar-refractivity contribution in [2.24, 2.45) is 5.73 Å². The Balaban J connectivity index is 0.000000291. The Kier molecular flexibility index (Phi) is 4.72. The van der Waals surface area contributed by atoms with Crippen LogP contribution in [0.2, 0.25) is 0 Å². The summed E-state index contributed by atoms with van der Waals surface area (Å²) in [6.07, 6.45) is 1.15. The Morgan fingerprint density at radius 1 is 1.56 bits per heavy atom. The van der Waals surface area contributed by atoms with Gasteiger partial charge in [0.25, 0.3) is 0 Å². The van der Waals surface area contributed by atoms with E-state index >= 15 is 0 Å². The second-order valence-electron chi connectivity index (χ2n) is 2.25. The molecule has 2 heteroatoms. The number of nitrogens with two attached hydrogens (primary N) is 1. The Morgan fingerprint density at radius 2 is 2.11 bits per heavy atom. The standard InChI is InChI=1S/C5H12N2.C2H6/c1-7-3-2-5(6)4-7;1-2/h5,7H,1-4,6H2;1-2H3/t5-;/m0./s1. The smallest absolute Gasteiger partial charge is 0.0686 e. The van der Waals surface area contributed by atoms with Crippen molar-refractivity contribution in [1.29, 1.82) is 0 Å². The minimum absolute atomic E-state index is 0.424. The molecule has 3 N–H and O–H groups in total. The van der Waals surface area contributed by atoms with Gasteiger partial charge in [0.2, 0.25) is 0 Å². The van der Waals surface area contributed by atoms with Crippen LogP contribution in [-0.2, 0) is 0 Å². The molecule has 1 fully saturated rings. The molecule has 2 atom stereocenters. The maximum atomic E-state index is 5.56. The highest BCUT2D eigenvalue weighted by Gasteiger charge is 2.14. The summed E-state index contributed by atoms with van der Waals surface area (Å²) < 4.78 is 0.